The van der Waals surface area contributed by atoms with Crippen molar-refractivity contribution in [1.82, 2.24) is 5.32 Å². The Labute approximate surface area is 91.2 Å². The van der Waals surface area contributed by atoms with Crippen LogP contribution in [0, 0.1) is 0 Å². The topological polar surface area (TPSA) is 55.1 Å². The van der Waals surface area contributed by atoms with Gasteiger partial charge in [0.2, 0.25) is 5.91 Å². The van der Waals surface area contributed by atoms with Crippen molar-refractivity contribution >= 4 is 17.7 Å². The predicted octanol–water partition coefficient (Wildman–Crippen LogP) is 1.37. The summed E-state index contributed by atoms with van der Waals surface area (Å²) in [6.07, 6.45) is 0.966. The summed E-state index contributed by atoms with van der Waals surface area (Å²) in [5.74, 6) is 1.45. The first kappa shape index (κ1) is 13.8. The Morgan fingerprint density at radius 1 is 1.50 bits per heavy atom. The Kier molecular flexibility index (Phi) is 6.20. The fraction of sp³-hybridized carbons (Fsp3) is 0.900. The molecule has 0 fully saturated rings. The third kappa shape index (κ3) is 8.38. The molecule has 1 unspecified atom stereocenters. The number of hydrogen-bond acceptors (Lipinski definition) is 3. The maximum absolute atomic E-state index is 11.4. The van der Waals surface area contributed by atoms with Gasteiger partial charge in [-0.1, -0.05) is 6.92 Å². The molecule has 0 rings (SSSR count). The number of thioether (sulfide) groups is 1. The van der Waals surface area contributed by atoms with Crippen LogP contribution in [0.4, 0.5) is 0 Å². The van der Waals surface area contributed by atoms with Gasteiger partial charge in [-0.05, 0) is 27.2 Å². The molecule has 0 aliphatic rings. The number of nitrogens with one attached hydrogen (secondary N) is 1. The number of rotatable bonds is 5. The van der Waals surface area contributed by atoms with E-state index in [-0.39, 0.29) is 17.5 Å². The van der Waals surface area contributed by atoms with Crippen LogP contribution < -0.4 is 11.1 Å². The van der Waals surface area contributed by atoms with E-state index < -0.39 is 0 Å². The van der Waals surface area contributed by atoms with Gasteiger partial charge in [0.25, 0.3) is 0 Å². The van der Waals surface area contributed by atoms with Crippen molar-refractivity contribution in [3.63, 3.8) is 0 Å². The number of carbonyl (C=O) groups is 1. The van der Waals surface area contributed by atoms with E-state index in [1.54, 1.807) is 11.8 Å². The minimum absolute atomic E-state index is 0.0887. The zero-order valence-corrected chi connectivity index (χ0v) is 10.4. The molecule has 0 bridgehead atoms. The molecule has 0 spiro atoms. The molecule has 84 valence electrons. The van der Waals surface area contributed by atoms with Crippen LogP contribution in [-0.4, -0.2) is 29.0 Å². The quantitative estimate of drug-likeness (QED) is 0.733. The van der Waals surface area contributed by atoms with E-state index in [4.69, 9.17) is 5.73 Å². The predicted molar refractivity (Wildman–Crippen MR) is 63.5 cm³/mol. The Morgan fingerprint density at radius 2 is 2.07 bits per heavy atom. The summed E-state index contributed by atoms with van der Waals surface area (Å²) in [6, 6.07) is 0.211. The molecule has 1 atom stereocenters. The molecule has 0 aliphatic heterocycles. The van der Waals surface area contributed by atoms with Crippen molar-refractivity contribution in [2.24, 2.45) is 5.73 Å². The van der Waals surface area contributed by atoms with Crippen LogP contribution in [0.1, 0.15) is 34.1 Å². The molecular weight excluding hydrogens is 196 g/mol. The third-order valence-corrected chi connectivity index (χ3v) is 2.73. The van der Waals surface area contributed by atoms with Crippen molar-refractivity contribution in [2.45, 2.75) is 45.7 Å². The summed E-state index contributed by atoms with van der Waals surface area (Å²) in [5.41, 5.74) is 5.60. The first-order valence-electron chi connectivity index (χ1n) is 4.99. The molecule has 0 saturated carbocycles. The van der Waals surface area contributed by atoms with Crippen molar-refractivity contribution in [1.29, 1.82) is 0 Å². The summed E-state index contributed by atoms with van der Waals surface area (Å²) in [7, 11) is 0. The van der Waals surface area contributed by atoms with Gasteiger partial charge in [0.05, 0.1) is 5.75 Å². The molecule has 3 nitrogen and oxygen atoms in total. The fourth-order valence-electron chi connectivity index (χ4n) is 0.875. The highest BCUT2D eigenvalue weighted by molar-refractivity contribution is 7.99. The molecule has 3 N–H and O–H groups in total. The third-order valence-electron chi connectivity index (χ3n) is 1.60. The largest absolute Gasteiger partial charge is 0.351 e. The Bertz CT molecular complexity index is 177. The molecule has 0 aliphatic carbocycles. The molecule has 0 aromatic rings. The number of hydrogen-bond donors (Lipinski definition) is 2. The molecule has 0 radical (unpaired) electrons. The highest BCUT2D eigenvalue weighted by Crippen LogP contribution is 2.05. The van der Waals surface area contributed by atoms with Crippen molar-refractivity contribution in [3.8, 4) is 0 Å². The lowest BCUT2D eigenvalue weighted by Gasteiger charge is -2.20. The zero-order valence-electron chi connectivity index (χ0n) is 9.59. The first-order chi connectivity index (χ1) is 6.35. The van der Waals surface area contributed by atoms with Crippen LogP contribution in [0.15, 0.2) is 0 Å². The zero-order chi connectivity index (χ0) is 11.2. The molecule has 0 aromatic heterocycles. The van der Waals surface area contributed by atoms with E-state index in [9.17, 15) is 4.79 Å². The monoisotopic (exact) mass is 218 g/mol. The molecular formula is C10H22N2OS. The van der Waals surface area contributed by atoms with Crippen molar-refractivity contribution < 1.29 is 4.79 Å². The number of nitrogens with two attached hydrogens (primary N) is 1. The lowest BCUT2D eigenvalue weighted by molar-refractivity contribution is -0.119. The van der Waals surface area contributed by atoms with Crippen LogP contribution in [0.3, 0.4) is 0 Å². The Balaban J connectivity index is 3.55. The summed E-state index contributed by atoms with van der Waals surface area (Å²) >= 11 is 1.60. The minimum atomic E-state index is -0.134. The Hall–Kier alpha value is -0.220. The number of amides is 1. The maximum atomic E-state index is 11.4. The van der Waals surface area contributed by atoms with Crippen LogP contribution >= 0.6 is 11.8 Å². The Morgan fingerprint density at radius 3 is 2.50 bits per heavy atom. The van der Waals surface area contributed by atoms with E-state index in [0.29, 0.717) is 5.75 Å². The van der Waals surface area contributed by atoms with E-state index in [2.05, 4.69) is 12.2 Å². The van der Waals surface area contributed by atoms with Crippen molar-refractivity contribution in [2.75, 3.05) is 11.5 Å². The molecule has 1 amide bonds. The SMILES string of the molecule is CCC(N)CSCC(=O)NC(C)(C)C. The smallest absolute Gasteiger partial charge is 0.230 e. The average molecular weight is 218 g/mol. The van der Waals surface area contributed by atoms with E-state index in [0.717, 1.165) is 12.2 Å². The summed E-state index contributed by atoms with van der Waals surface area (Å²) < 4.78 is 0. The first-order valence-corrected chi connectivity index (χ1v) is 6.15. The van der Waals surface area contributed by atoms with Gasteiger partial charge in [-0.3, -0.25) is 4.79 Å². The maximum Gasteiger partial charge on any atom is 0.230 e. The van der Waals surface area contributed by atoms with Gasteiger partial charge in [-0.25, -0.2) is 0 Å². The standard InChI is InChI=1S/C10H22N2OS/c1-5-8(11)6-14-7-9(13)12-10(2,3)4/h8H,5-7,11H2,1-4H3,(H,12,13). The second-order valence-corrected chi connectivity index (χ2v) is 5.51. The van der Waals surface area contributed by atoms with Gasteiger partial charge < -0.3 is 11.1 Å². The van der Waals surface area contributed by atoms with Gasteiger partial charge in [0, 0.05) is 17.3 Å². The molecule has 4 heteroatoms. The van der Waals surface area contributed by atoms with E-state index >= 15 is 0 Å². The molecule has 0 saturated heterocycles. The van der Waals surface area contributed by atoms with Crippen LogP contribution in [0.5, 0.6) is 0 Å². The fourth-order valence-corrected chi connectivity index (χ4v) is 1.79. The van der Waals surface area contributed by atoms with Gasteiger partial charge >= 0.3 is 0 Å². The minimum Gasteiger partial charge on any atom is -0.351 e. The summed E-state index contributed by atoms with van der Waals surface area (Å²) in [6.45, 7) is 7.99. The lowest BCUT2D eigenvalue weighted by atomic mass is 10.1. The highest BCUT2D eigenvalue weighted by atomic mass is 32.2. The number of carbonyl (C=O) groups excluding carboxylic acids is 1. The van der Waals surface area contributed by atoms with Crippen LogP contribution in [0.2, 0.25) is 0 Å². The second kappa shape index (κ2) is 6.30. The van der Waals surface area contributed by atoms with Gasteiger partial charge in [-0.2, -0.15) is 11.8 Å². The second-order valence-electron chi connectivity index (χ2n) is 4.48. The molecule has 0 heterocycles. The van der Waals surface area contributed by atoms with Gasteiger partial charge in [0.15, 0.2) is 0 Å². The summed E-state index contributed by atoms with van der Waals surface area (Å²) in [4.78, 5) is 11.4. The highest BCUT2D eigenvalue weighted by Gasteiger charge is 2.13. The summed E-state index contributed by atoms with van der Waals surface area (Å²) in [5, 5.41) is 2.91. The molecule has 14 heavy (non-hydrogen) atoms. The van der Waals surface area contributed by atoms with E-state index in [1.807, 2.05) is 20.8 Å². The van der Waals surface area contributed by atoms with Gasteiger partial charge in [0.1, 0.15) is 0 Å². The lowest BCUT2D eigenvalue weighted by Crippen LogP contribution is -2.41. The normalized spacial score (nSPS) is 13.8. The van der Waals surface area contributed by atoms with Gasteiger partial charge in [-0.15, -0.1) is 0 Å². The van der Waals surface area contributed by atoms with Crippen LogP contribution in [-0.2, 0) is 4.79 Å². The van der Waals surface area contributed by atoms with Crippen LogP contribution in [0.25, 0.3) is 0 Å². The van der Waals surface area contributed by atoms with E-state index in [1.165, 1.54) is 0 Å². The average Bonchev–Trinajstić information content (AvgIpc) is 2.00. The molecule has 0 aromatic carbocycles. The van der Waals surface area contributed by atoms with Crippen molar-refractivity contribution in [3.05, 3.63) is 0 Å².